The highest BCUT2D eigenvalue weighted by atomic mass is 32.2. The van der Waals surface area contributed by atoms with Gasteiger partial charge in [0.2, 0.25) is 5.91 Å². The summed E-state index contributed by atoms with van der Waals surface area (Å²) in [5, 5.41) is 1.71. The van der Waals surface area contributed by atoms with Crippen LogP contribution in [0, 0.1) is 6.92 Å². The van der Waals surface area contributed by atoms with E-state index in [0.717, 1.165) is 16.3 Å². The van der Waals surface area contributed by atoms with Crippen molar-refractivity contribution in [2.24, 2.45) is 0 Å². The number of rotatable bonds is 9. The maximum atomic E-state index is 13.7. The maximum absolute atomic E-state index is 13.7. The van der Waals surface area contributed by atoms with Crippen molar-refractivity contribution < 1.29 is 27.5 Å². The zero-order chi connectivity index (χ0) is 28.4. The molecule has 4 aromatic carbocycles. The van der Waals surface area contributed by atoms with Crippen LogP contribution in [-0.4, -0.2) is 33.4 Å². The van der Waals surface area contributed by atoms with Gasteiger partial charge in [-0.1, -0.05) is 54.6 Å². The Morgan fingerprint density at radius 1 is 0.875 bits per heavy atom. The van der Waals surface area contributed by atoms with Gasteiger partial charge < -0.3 is 14.4 Å². The first kappa shape index (κ1) is 27.2. The number of nitrogens with one attached hydrogen (secondary N) is 1. The fourth-order valence-corrected chi connectivity index (χ4v) is 6.29. The van der Waals surface area contributed by atoms with Gasteiger partial charge in [-0.2, -0.15) is 0 Å². The van der Waals surface area contributed by atoms with Crippen LogP contribution in [0.4, 0.5) is 5.69 Å². The van der Waals surface area contributed by atoms with Gasteiger partial charge in [-0.3, -0.25) is 9.59 Å². The van der Waals surface area contributed by atoms with Gasteiger partial charge in [0, 0.05) is 22.0 Å². The van der Waals surface area contributed by atoms with Gasteiger partial charge in [0.15, 0.2) is 0 Å². The van der Waals surface area contributed by atoms with Crippen molar-refractivity contribution in [2.45, 2.75) is 38.6 Å². The first-order valence-electron chi connectivity index (χ1n) is 13.1. The molecule has 0 saturated carbocycles. The lowest BCUT2D eigenvalue weighted by molar-refractivity contribution is -0.118. The molecule has 0 bridgehead atoms. The monoisotopic (exact) mass is 558 g/mol. The van der Waals surface area contributed by atoms with Crippen LogP contribution in [0.3, 0.4) is 0 Å². The highest BCUT2D eigenvalue weighted by Gasteiger charge is 2.36. The summed E-state index contributed by atoms with van der Waals surface area (Å²) in [4.78, 5) is 28.0. The zero-order valence-corrected chi connectivity index (χ0v) is 23.4. The van der Waals surface area contributed by atoms with Gasteiger partial charge >= 0.3 is 0 Å². The van der Waals surface area contributed by atoms with Crippen LogP contribution in [0.25, 0.3) is 10.8 Å². The third kappa shape index (κ3) is 5.00. The van der Waals surface area contributed by atoms with E-state index < -0.39 is 15.9 Å². The summed E-state index contributed by atoms with van der Waals surface area (Å²) in [6.07, 6.45) is -0.131. The quantitative estimate of drug-likeness (QED) is 0.305. The molecule has 1 heterocycles. The highest BCUT2D eigenvalue weighted by molar-refractivity contribution is 7.90. The van der Waals surface area contributed by atoms with Crippen molar-refractivity contribution in [1.82, 2.24) is 4.72 Å². The van der Waals surface area contributed by atoms with E-state index in [1.54, 1.807) is 54.3 Å². The second-order valence-electron chi connectivity index (χ2n) is 9.45. The predicted octanol–water partition coefficient (Wildman–Crippen LogP) is 5.15. The topological polar surface area (TPSA) is 102 Å². The molecule has 0 aromatic heterocycles. The molecule has 0 saturated heterocycles. The number of anilines is 1. The number of benzene rings is 4. The number of carbonyl (C=O) groups excluding carboxylic acids is 2. The highest BCUT2D eigenvalue weighted by Crippen LogP contribution is 2.46. The normalized spacial score (nSPS) is 12.9. The number of fused-ring (bicyclic) bond motifs is 2. The van der Waals surface area contributed by atoms with Gasteiger partial charge in [0.25, 0.3) is 15.9 Å². The maximum Gasteiger partial charge on any atom is 0.264 e. The second kappa shape index (κ2) is 11.0. The molecule has 206 valence electrons. The summed E-state index contributed by atoms with van der Waals surface area (Å²) in [5.41, 5.74) is 3.08. The van der Waals surface area contributed by atoms with Crippen molar-refractivity contribution >= 4 is 38.3 Å². The molecule has 1 aliphatic heterocycles. The lowest BCUT2D eigenvalue weighted by atomic mass is 9.99. The molecule has 0 unspecified atom stereocenters. The fraction of sp³-hybridized carbons (Fsp3) is 0.226. The minimum atomic E-state index is -3.98. The summed E-state index contributed by atoms with van der Waals surface area (Å²) in [7, 11) is -3.98. The standard InChI is InChI=1S/C31H30N2O6S/c1-4-38-29-23-11-7-8-12-24(23)30(39-5-2)28-25(29)19-33(31(28)35)22-16-14-21(15-17-22)18-27(34)32-40(36,37)26-13-9-6-10-20(26)3/h6-17H,4-5,18-19H2,1-3H3,(H,32,34). The number of hydrogen-bond donors (Lipinski definition) is 1. The second-order valence-corrected chi connectivity index (χ2v) is 11.1. The molecule has 0 aliphatic carbocycles. The van der Waals surface area contributed by atoms with E-state index in [4.69, 9.17) is 9.47 Å². The number of sulfonamides is 1. The Bertz CT molecular complexity index is 1710. The van der Waals surface area contributed by atoms with Crippen molar-refractivity contribution in [3.63, 3.8) is 0 Å². The number of carbonyl (C=O) groups is 2. The average Bonchev–Trinajstić information content (AvgIpc) is 3.27. The average molecular weight is 559 g/mol. The molecule has 0 radical (unpaired) electrons. The SMILES string of the molecule is CCOc1c2c(c(OCC)c3ccccc13)C(=O)N(c1ccc(CC(=O)NS(=O)(=O)c3ccccc3C)cc1)C2. The van der Waals surface area contributed by atoms with Crippen LogP contribution in [0.5, 0.6) is 11.5 Å². The Morgan fingerprint density at radius 2 is 1.48 bits per heavy atom. The van der Waals surface area contributed by atoms with Gasteiger partial charge in [-0.15, -0.1) is 0 Å². The molecular formula is C31H30N2O6S. The van der Waals surface area contributed by atoms with E-state index in [9.17, 15) is 18.0 Å². The molecule has 5 rings (SSSR count). The van der Waals surface area contributed by atoms with Crippen LogP contribution >= 0.6 is 0 Å². The smallest absolute Gasteiger partial charge is 0.264 e. The molecule has 0 fully saturated rings. The van der Waals surface area contributed by atoms with Crippen molar-refractivity contribution in [2.75, 3.05) is 18.1 Å². The van der Waals surface area contributed by atoms with Gasteiger partial charge in [-0.25, -0.2) is 13.1 Å². The van der Waals surface area contributed by atoms with Crippen LogP contribution in [0.15, 0.2) is 77.7 Å². The van der Waals surface area contributed by atoms with Gasteiger partial charge in [0.05, 0.1) is 36.6 Å². The van der Waals surface area contributed by atoms with Crippen LogP contribution < -0.4 is 19.1 Å². The third-order valence-corrected chi connectivity index (χ3v) is 8.35. The Kier molecular flexibility index (Phi) is 7.49. The summed E-state index contributed by atoms with van der Waals surface area (Å²) in [6, 6.07) is 21.2. The van der Waals surface area contributed by atoms with Crippen molar-refractivity contribution in [3.05, 3.63) is 95.1 Å². The summed E-state index contributed by atoms with van der Waals surface area (Å²) >= 11 is 0. The summed E-state index contributed by atoms with van der Waals surface area (Å²) in [5.74, 6) is 0.387. The van der Waals surface area contributed by atoms with E-state index >= 15 is 0 Å². The predicted molar refractivity (Wildman–Crippen MR) is 153 cm³/mol. The first-order valence-corrected chi connectivity index (χ1v) is 14.6. The summed E-state index contributed by atoms with van der Waals surface area (Å²) in [6.45, 7) is 6.64. The number of ether oxygens (including phenoxy) is 2. The summed E-state index contributed by atoms with van der Waals surface area (Å²) < 4.78 is 39.5. The van der Waals surface area contributed by atoms with E-state index in [-0.39, 0.29) is 17.2 Å². The van der Waals surface area contributed by atoms with E-state index in [0.29, 0.717) is 53.6 Å². The largest absolute Gasteiger partial charge is 0.493 e. The lowest BCUT2D eigenvalue weighted by Crippen LogP contribution is -2.32. The van der Waals surface area contributed by atoms with Crippen LogP contribution in [-0.2, 0) is 27.8 Å². The van der Waals surface area contributed by atoms with E-state index in [1.807, 2.05) is 38.1 Å². The Morgan fingerprint density at radius 3 is 2.12 bits per heavy atom. The molecular weight excluding hydrogens is 528 g/mol. The fourth-order valence-electron chi connectivity index (χ4n) is 5.06. The van der Waals surface area contributed by atoms with Crippen LogP contribution in [0.1, 0.15) is 40.9 Å². The number of hydrogen-bond acceptors (Lipinski definition) is 6. The third-order valence-electron chi connectivity index (χ3n) is 6.82. The van der Waals surface area contributed by atoms with Crippen molar-refractivity contribution in [1.29, 1.82) is 0 Å². The molecule has 9 heteroatoms. The van der Waals surface area contributed by atoms with Gasteiger partial charge in [-0.05, 0) is 50.1 Å². The molecule has 1 aliphatic rings. The van der Waals surface area contributed by atoms with E-state index in [1.165, 1.54) is 6.07 Å². The van der Waals surface area contributed by atoms with Crippen LogP contribution in [0.2, 0.25) is 0 Å². The zero-order valence-electron chi connectivity index (χ0n) is 22.6. The number of nitrogens with zero attached hydrogens (tertiary/aromatic N) is 1. The Hall–Kier alpha value is -4.37. The Balaban J connectivity index is 1.39. The van der Waals surface area contributed by atoms with Crippen molar-refractivity contribution in [3.8, 4) is 11.5 Å². The molecule has 40 heavy (non-hydrogen) atoms. The molecule has 2 amide bonds. The number of aryl methyl sites for hydroxylation is 1. The lowest BCUT2D eigenvalue weighted by Gasteiger charge is -2.16. The number of amides is 2. The first-order chi connectivity index (χ1) is 19.2. The van der Waals surface area contributed by atoms with E-state index in [2.05, 4.69) is 4.72 Å². The molecule has 1 N–H and O–H groups in total. The Labute approximate surface area is 233 Å². The molecule has 0 spiro atoms. The minimum Gasteiger partial charge on any atom is -0.493 e. The molecule has 4 aromatic rings. The van der Waals surface area contributed by atoms with Gasteiger partial charge in [0.1, 0.15) is 11.5 Å². The molecule has 0 atom stereocenters. The minimum absolute atomic E-state index is 0.0660. The molecule has 8 nitrogen and oxygen atoms in total.